The Morgan fingerprint density at radius 3 is 2.49 bits per heavy atom. The molecule has 7 nitrogen and oxygen atoms in total. The van der Waals surface area contributed by atoms with Crippen LogP contribution in [0, 0.1) is 12.7 Å². The van der Waals surface area contributed by atoms with Crippen molar-refractivity contribution in [2.24, 2.45) is 0 Å². The molecule has 1 amide bonds. The summed E-state index contributed by atoms with van der Waals surface area (Å²) in [7, 11) is 0. The maximum Gasteiger partial charge on any atom is 0.254 e. The predicted octanol–water partition coefficient (Wildman–Crippen LogP) is 4.98. The number of imidazole rings is 1. The molecule has 0 radical (unpaired) electrons. The van der Waals surface area contributed by atoms with Gasteiger partial charge in [0.25, 0.3) is 5.91 Å². The fourth-order valence-corrected chi connectivity index (χ4v) is 4.46. The molecule has 1 aliphatic heterocycles. The van der Waals surface area contributed by atoms with Crippen molar-refractivity contribution in [3.63, 3.8) is 0 Å². The van der Waals surface area contributed by atoms with Crippen LogP contribution in [0.3, 0.4) is 0 Å². The van der Waals surface area contributed by atoms with Gasteiger partial charge in [0.2, 0.25) is 5.88 Å². The molecule has 0 spiro atoms. The number of hydrogen-bond acceptors (Lipinski definition) is 5. The Balaban J connectivity index is 1.27. The summed E-state index contributed by atoms with van der Waals surface area (Å²) in [6.45, 7) is 3.80. The Labute approximate surface area is 203 Å². The van der Waals surface area contributed by atoms with Gasteiger partial charge < -0.3 is 14.2 Å². The molecule has 1 aliphatic rings. The first kappa shape index (κ1) is 22.7. The summed E-state index contributed by atoms with van der Waals surface area (Å²) in [6, 6.07) is 13.6. The molecule has 0 bridgehead atoms. The van der Waals surface area contributed by atoms with Gasteiger partial charge in [0.15, 0.2) is 0 Å². The molecule has 1 saturated heterocycles. The molecule has 4 aromatic rings. The number of amides is 1. The first-order valence-corrected chi connectivity index (χ1v) is 11.7. The molecule has 2 aromatic heterocycles. The van der Waals surface area contributed by atoms with Crippen LogP contribution in [0.15, 0.2) is 73.3 Å². The average molecular weight is 472 g/mol. The number of nitrogens with zero attached hydrogens (tertiary/aromatic N) is 5. The van der Waals surface area contributed by atoms with Crippen molar-refractivity contribution >= 4 is 5.91 Å². The fraction of sp³-hybridized carbons (Fsp3) is 0.259. The number of aromatic nitrogens is 4. The molecule has 1 fully saturated rings. The molecular formula is C27H26FN5O2. The van der Waals surface area contributed by atoms with Gasteiger partial charge in [-0.1, -0.05) is 18.2 Å². The van der Waals surface area contributed by atoms with Gasteiger partial charge in [0, 0.05) is 55.9 Å². The standard InChI is InChI=1S/C27H26FN5O2/c1-19-29-14-17-33(19)18-21-4-2-3-5-24(21)27(34)32-15-10-20(11-16-32)25-26(31-13-12-30-25)35-23-8-6-22(28)7-9-23/h2-9,12-14,17,20H,10-11,15-16,18H2,1H3. The lowest BCUT2D eigenvalue weighted by Gasteiger charge is -2.32. The van der Waals surface area contributed by atoms with Crippen molar-refractivity contribution in [3.8, 4) is 11.6 Å². The van der Waals surface area contributed by atoms with Crippen molar-refractivity contribution in [3.05, 3.63) is 102 Å². The molecule has 0 atom stereocenters. The van der Waals surface area contributed by atoms with Crippen LogP contribution in [0.5, 0.6) is 11.6 Å². The van der Waals surface area contributed by atoms with Gasteiger partial charge in [-0.2, -0.15) is 0 Å². The zero-order valence-electron chi connectivity index (χ0n) is 19.5. The van der Waals surface area contributed by atoms with Crippen molar-refractivity contribution in [1.82, 2.24) is 24.4 Å². The Kier molecular flexibility index (Phi) is 6.52. The number of ether oxygens (including phenoxy) is 1. The summed E-state index contributed by atoms with van der Waals surface area (Å²) in [5, 5.41) is 0. The molecule has 0 N–H and O–H groups in total. The van der Waals surface area contributed by atoms with Crippen molar-refractivity contribution < 1.29 is 13.9 Å². The van der Waals surface area contributed by atoms with E-state index in [-0.39, 0.29) is 17.6 Å². The van der Waals surface area contributed by atoms with E-state index in [1.807, 2.05) is 46.9 Å². The Morgan fingerprint density at radius 1 is 1.00 bits per heavy atom. The highest BCUT2D eigenvalue weighted by atomic mass is 19.1. The van der Waals surface area contributed by atoms with E-state index in [0.717, 1.165) is 35.5 Å². The largest absolute Gasteiger partial charge is 0.437 e. The summed E-state index contributed by atoms with van der Waals surface area (Å²) in [5.74, 6) is 1.67. The van der Waals surface area contributed by atoms with E-state index in [1.165, 1.54) is 12.1 Å². The maximum atomic E-state index is 13.4. The van der Waals surface area contributed by atoms with Crippen LogP contribution in [0.25, 0.3) is 0 Å². The van der Waals surface area contributed by atoms with Gasteiger partial charge in [-0.05, 0) is 55.7 Å². The van der Waals surface area contributed by atoms with Gasteiger partial charge in [-0.3, -0.25) is 9.78 Å². The molecule has 178 valence electrons. The van der Waals surface area contributed by atoms with Gasteiger partial charge in [0.05, 0.1) is 0 Å². The highest BCUT2D eigenvalue weighted by molar-refractivity contribution is 5.95. The summed E-state index contributed by atoms with van der Waals surface area (Å²) in [6.07, 6.45) is 8.44. The van der Waals surface area contributed by atoms with Crippen molar-refractivity contribution in [1.29, 1.82) is 0 Å². The average Bonchev–Trinajstić information content (AvgIpc) is 3.30. The van der Waals surface area contributed by atoms with Crippen LogP contribution in [0.2, 0.25) is 0 Å². The number of hydrogen-bond donors (Lipinski definition) is 0. The molecule has 35 heavy (non-hydrogen) atoms. The third-order valence-corrected chi connectivity index (χ3v) is 6.40. The Bertz CT molecular complexity index is 1310. The quantitative estimate of drug-likeness (QED) is 0.397. The minimum absolute atomic E-state index is 0.0405. The third-order valence-electron chi connectivity index (χ3n) is 6.40. The second-order valence-corrected chi connectivity index (χ2v) is 8.63. The van der Waals surface area contributed by atoms with Crippen LogP contribution in [-0.2, 0) is 6.54 Å². The molecule has 0 unspecified atom stereocenters. The van der Waals surface area contributed by atoms with Crippen LogP contribution in [0.1, 0.15) is 46.2 Å². The van der Waals surface area contributed by atoms with E-state index in [1.54, 1.807) is 30.7 Å². The first-order valence-electron chi connectivity index (χ1n) is 11.7. The Hall–Kier alpha value is -4.07. The van der Waals surface area contributed by atoms with E-state index in [4.69, 9.17) is 4.74 Å². The van der Waals surface area contributed by atoms with Crippen LogP contribution in [-0.4, -0.2) is 43.4 Å². The highest BCUT2D eigenvalue weighted by Gasteiger charge is 2.28. The maximum absolute atomic E-state index is 13.4. The van der Waals surface area contributed by atoms with E-state index in [9.17, 15) is 9.18 Å². The monoisotopic (exact) mass is 471 g/mol. The highest BCUT2D eigenvalue weighted by Crippen LogP contribution is 2.34. The van der Waals surface area contributed by atoms with Gasteiger partial charge >= 0.3 is 0 Å². The smallest absolute Gasteiger partial charge is 0.254 e. The lowest BCUT2D eigenvalue weighted by atomic mass is 9.92. The number of benzene rings is 2. The normalized spacial score (nSPS) is 14.2. The molecule has 0 saturated carbocycles. The van der Waals surface area contributed by atoms with Crippen LogP contribution >= 0.6 is 0 Å². The van der Waals surface area contributed by atoms with E-state index in [2.05, 4.69) is 15.0 Å². The lowest BCUT2D eigenvalue weighted by molar-refractivity contribution is 0.0710. The summed E-state index contributed by atoms with van der Waals surface area (Å²) < 4.78 is 21.2. The zero-order valence-corrected chi connectivity index (χ0v) is 19.5. The second-order valence-electron chi connectivity index (χ2n) is 8.63. The fourth-order valence-electron chi connectivity index (χ4n) is 4.46. The SMILES string of the molecule is Cc1nccn1Cc1ccccc1C(=O)N1CCC(c2nccnc2Oc2ccc(F)cc2)CC1. The number of rotatable bonds is 6. The number of halogens is 1. The number of likely N-dealkylation sites (tertiary alicyclic amines) is 1. The molecule has 3 heterocycles. The van der Waals surface area contributed by atoms with Crippen LogP contribution in [0.4, 0.5) is 4.39 Å². The summed E-state index contributed by atoms with van der Waals surface area (Å²) >= 11 is 0. The van der Waals surface area contributed by atoms with E-state index >= 15 is 0 Å². The number of carbonyl (C=O) groups excluding carboxylic acids is 1. The second kappa shape index (κ2) is 10.0. The molecule has 5 rings (SSSR count). The predicted molar refractivity (Wildman–Crippen MR) is 129 cm³/mol. The minimum atomic E-state index is -0.324. The summed E-state index contributed by atoms with van der Waals surface area (Å²) in [4.78, 5) is 28.5. The van der Waals surface area contributed by atoms with Crippen LogP contribution < -0.4 is 4.74 Å². The molecular weight excluding hydrogens is 445 g/mol. The number of carbonyl (C=O) groups is 1. The summed E-state index contributed by atoms with van der Waals surface area (Å²) in [5.41, 5.74) is 2.46. The number of aryl methyl sites for hydroxylation is 1. The lowest BCUT2D eigenvalue weighted by Crippen LogP contribution is -2.38. The molecule has 0 aliphatic carbocycles. The molecule has 2 aromatic carbocycles. The zero-order chi connectivity index (χ0) is 24.2. The van der Waals surface area contributed by atoms with Gasteiger partial charge in [0.1, 0.15) is 23.1 Å². The van der Waals surface area contributed by atoms with Crippen molar-refractivity contribution in [2.45, 2.75) is 32.2 Å². The topological polar surface area (TPSA) is 73.1 Å². The van der Waals surface area contributed by atoms with Gasteiger partial charge in [-0.25, -0.2) is 14.4 Å². The van der Waals surface area contributed by atoms with Gasteiger partial charge in [-0.15, -0.1) is 0 Å². The first-order chi connectivity index (χ1) is 17.1. The minimum Gasteiger partial charge on any atom is -0.437 e. The third kappa shape index (κ3) is 5.06. The number of piperidine rings is 1. The van der Waals surface area contributed by atoms with Crippen molar-refractivity contribution in [2.75, 3.05) is 13.1 Å². The van der Waals surface area contributed by atoms with E-state index in [0.29, 0.717) is 31.3 Å². The Morgan fingerprint density at radius 2 is 1.74 bits per heavy atom. The van der Waals surface area contributed by atoms with E-state index < -0.39 is 0 Å². The molecule has 8 heteroatoms.